The zero-order chi connectivity index (χ0) is 14.0. The van der Waals surface area contributed by atoms with E-state index in [9.17, 15) is 4.79 Å². The minimum atomic E-state index is -0.424. The number of likely N-dealkylation sites (tertiary alicyclic amines) is 1. The molecule has 0 bridgehead atoms. The molecule has 0 saturated carbocycles. The number of nitrogens with zero attached hydrogens (tertiary/aromatic N) is 1. The van der Waals surface area contributed by atoms with E-state index >= 15 is 0 Å². The van der Waals surface area contributed by atoms with E-state index in [2.05, 4.69) is 36.5 Å². The number of hydrogen-bond acceptors (Lipinski definition) is 3. The van der Waals surface area contributed by atoms with E-state index in [0.29, 0.717) is 19.1 Å². The average Bonchev–Trinajstić information content (AvgIpc) is 2.22. The van der Waals surface area contributed by atoms with Crippen LogP contribution < -0.4 is 5.32 Å². The predicted octanol–water partition coefficient (Wildman–Crippen LogP) is 3.03. The second kappa shape index (κ2) is 5.11. The number of benzene rings is 1. The summed E-state index contributed by atoms with van der Waals surface area (Å²) in [5.41, 5.74) is 1.92. The van der Waals surface area contributed by atoms with E-state index < -0.39 is 5.60 Å². The number of rotatable bonds is 2. The topological polar surface area (TPSA) is 41.6 Å². The Bertz CT molecular complexity index is 442. The van der Waals surface area contributed by atoms with Crippen LogP contribution in [-0.4, -0.2) is 35.7 Å². The van der Waals surface area contributed by atoms with Gasteiger partial charge in [0.15, 0.2) is 0 Å². The van der Waals surface area contributed by atoms with Crippen LogP contribution >= 0.6 is 0 Å². The molecule has 2 rings (SSSR count). The summed E-state index contributed by atoms with van der Waals surface area (Å²) in [5.74, 6) is 0. The van der Waals surface area contributed by atoms with Gasteiger partial charge in [-0.15, -0.1) is 0 Å². The summed E-state index contributed by atoms with van der Waals surface area (Å²) >= 11 is 0. The molecule has 1 aromatic carbocycles. The van der Waals surface area contributed by atoms with E-state index in [1.54, 1.807) is 4.90 Å². The highest BCUT2D eigenvalue weighted by Crippen LogP contribution is 2.18. The summed E-state index contributed by atoms with van der Waals surface area (Å²) in [6.45, 7) is 9.11. The molecule has 1 amide bonds. The molecule has 0 spiro atoms. The Balaban J connectivity index is 1.77. The summed E-state index contributed by atoms with van der Waals surface area (Å²) in [6, 6.07) is 8.59. The van der Waals surface area contributed by atoms with Crippen molar-refractivity contribution < 1.29 is 9.53 Å². The molecule has 1 aliphatic rings. The normalized spacial score (nSPS) is 15.9. The first kappa shape index (κ1) is 13.7. The molecule has 0 aromatic heterocycles. The van der Waals surface area contributed by atoms with Gasteiger partial charge in [-0.25, -0.2) is 4.79 Å². The van der Waals surface area contributed by atoms with Crippen molar-refractivity contribution in [1.82, 2.24) is 4.90 Å². The fraction of sp³-hybridized carbons (Fsp3) is 0.533. The molecule has 4 heteroatoms. The summed E-state index contributed by atoms with van der Waals surface area (Å²) in [5, 5.41) is 3.40. The molecule has 1 aliphatic heterocycles. The Morgan fingerprint density at radius 1 is 1.26 bits per heavy atom. The molecule has 19 heavy (non-hydrogen) atoms. The molecule has 1 saturated heterocycles. The molecule has 104 valence electrons. The van der Waals surface area contributed by atoms with Crippen LogP contribution in [0.15, 0.2) is 24.3 Å². The third-order valence-corrected chi connectivity index (χ3v) is 2.96. The highest BCUT2D eigenvalue weighted by molar-refractivity contribution is 5.69. The zero-order valence-corrected chi connectivity index (χ0v) is 12.1. The van der Waals surface area contributed by atoms with E-state index in [1.165, 1.54) is 5.56 Å². The van der Waals surface area contributed by atoms with Gasteiger partial charge in [-0.2, -0.15) is 0 Å². The Morgan fingerprint density at radius 3 is 2.37 bits per heavy atom. The molecular formula is C15H22N2O2. The van der Waals surface area contributed by atoms with E-state index in [1.807, 2.05) is 20.8 Å². The number of carbonyl (C=O) groups is 1. The maximum atomic E-state index is 11.8. The second-order valence-corrected chi connectivity index (χ2v) is 6.09. The van der Waals surface area contributed by atoms with Crippen LogP contribution in [0, 0.1) is 6.92 Å². The molecule has 0 atom stereocenters. The lowest BCUT2D eigenvalue weighted by atomic mass is 10.1. The number of aryl methyl sites for hydroxylation is 1. The number of amides is 1. The molecule has 1 fully saturated rings. The lowest BCUT2D eigenvalue weighted by Crippen LogP contribution is -2.57. The number of carbonyl (C=O) groups excluding carboxylic acids is 1. The molecular weight excluding hydrogens is 240 g/mol. The highest BCUT2D eigenvalue weighted by Gasteiger charge is 2.33. The summed E-state index contributed by atoms with van der Waals surface area (Å²) in [4.78, 5) is 13.5. The summed E-state index contributed by atoms with van der Waals surface area (Å²) in [6.07, 6.45) is -0.227. The average molecular weight is 262 g/mol. The first-order valence-corrected chi connectivity index (χ1v) is 6.64. The van der Waals surface area contributed by atoms with Crippen LogP contribution in [0.2, 0.25) is 0 Å². The van der Waals surface area contributed by atoms with Crippen molar-refractivity contribution in [3.8, 4) is 0 Å². The molecule has 1 aromatic rings. The SMILES string of the molecule is Cc1ccc(NC2CN(C(=O)OC(C)(C)C)C2)cc1. The third kappa shape index (κ3) is 3.88. The number of ether oxygens (including phenoxy) is 1. The van der Waals surface area contributed by atoms with E-state index in [-0.39, 0.29) is 6.09 Å². The molecule has 1 N–H and O–H groups in total. The van der Waals surface area contributed by atoms with Gasteiger partial charge in [0.1, 0.15) is 5.60 Å². The van der Waals surface area contributed by atoms with Gasteiger partial charge >= 0.3 is 6.09 Å². The van der Waals surface area contributed by atoms with E-state index in [4.69, 9.17) is 4.74 Å². The zero-order valence-electron chi connectivity index (χ0n) is 12.1. The van der Waals surface area contributed by atoms with Crippen LogP contribution in [-0.2, 0) is 4.74 Å². The molecule has 0 radical (unpaired) electrons. The molecule has 0 unspecified atom stereocenters. The third-order valence-electron chi connectivity index (χ3n) is 2.96. The lowest BCUT2D eigenvalue weighted by molar-refractivity contribution is 0.0105. The first-order valence-electron chi connectivity index (χ1n) is 6.64. The fourth-order valence-electron chi connectivity index (χ4n) is 1.93. The standard InChI is InChI=1S/C15H22N2O2/c1-11-5-7-12(8-6-11)16-13-9-17(10-13)14(18)19-15(2,3)4/h5-8,13,16H,9-10H2,1-4H3. The second-order valence-electron chi connectivity index (χ2n) is 6.09. The van der Waals surface area contributed by atoms with Gasteiger partial charge in [-0.1, -0.05) is 17.7 Å². The molecule has 0 aliphatic carbocycles. The van der Waals surface area contributed by atoms with Gasteiger partial charge in [0.05, 0.1) is 6.04 Å². The van der Waals surface area contributed by atoms with Crippen LogP contribution in [0.25, 0.3) is 0 Å². The number of nitrogens with one attached hydrogen (secondary N) is 1. The highest BCUT2D eigenvalue weighted by atomic mass is 16.6. The van der Waals surface area contributed by atoms with Gasteiger partial charge in [-0.05, 0) is 39.8 Å². The van der Waals surface area contributed by atoms with Crippen molar-refractivity contribution >= 4 is 11.8 Å². The van der Waals surface area contributed by atoms with Crippen molar-refractivity contribution in [2.24, 2.45) is 0 Å². The van der Waals surface area contributed by atoms with Crippen molar-refractivity contribution in [3.63, 3.8) is 0 Å². The quantitative estimate of drug-likeness (QED) is 0.890. The van der Waals surface area contributed by atoms with Crippen LogP contribution in [0.1, 0.15) is 26.3 Å². The van der Waals surface area contributed by atoms with E-state index in [0.717, 1.165) is 5.69 Å². The maximum Gasteiger partial charge on any atom is 0.410 e. The Labute approximate surface area is 114 Å². The van der Waals surface area contributed by atoms with Gasteiger partial charge < -0.3 is 15.0 Å². The Hall–Kier alpha value is -1.71. The van der Waals surface area contributed by atoms with Crippen molar-refractivity contribution in [3.05, 3.63) is 29.8 Å². The summed E-state index contributed by atoms with van der Waals surface area (Å²) in [7, 11) is 0. The Kier molecular flexibility index (Phi) is 3.69. The van der Waals surface area contributed by atoms with Crippen molar-refractivity contribution in [2.45, 2.75) is 39.3 Å². The van der Waals surface area contributed by atoms with Gasteiger partial charge in [0, 0.05) is 18.8 Å². The van der Waals surface area contributed by atoms with Crippen LogP contribution in [0.3, 0.4) is 0 Å². The minimum Gasteiger partial charge on any atom is -0.444 e. The molecule has 1 heterocycles. The largest absolute Gasteiger partial charge is 0.444 e. The minimum absolute atomic E-state index is 0.227. The van der Waals surface area contributed by atoms with Crippen molar-refractivity contribution in [1.29, 1.82) is 0 Å². The smallest absolute Gasteiger partial charge is 0.410 e. The van der Waals surface area contributed by atoms with Gasteiger partial charge in [-0.3, -0.25) is 0 Å². The summed E-state index contributed by atoms with van der Waals surface area (Å²) < 4.78 is 5.32. The van der Waals surface area contributed by atoms with Crippen molar-refractivity contribution in [2.75, 3.05) is 18.4 Å². The monoisotopic (exact) mass is 262 g/mol. The number of hydrogen-bond donors (Lipinski definition) is 1. The van der Waals surface area contributed by atoms with Crippen LogP contribution in [0.4, 0.5) is 10.5 Å². The van der Waals surface area contributed by atoms with Crippen LogP contribution in [0.5, 0.6) is 0 Å². The maximum absolute atomic E-state index is 11.8. The Morgan fingerprint density at radius 2 is 1.84 bits per heavy atom. The predicted molar refractivity (Wildman–Crippen MR) is 76.4 cm³/mol. The van der Waals surface area contributed by atoms with Gasteiger partial charge in [0.25, 0.3) is 0 Å². The first-order chi connectivity index (χ1) is 8.83. The lowest BCUT2D eigenvalue weighted by Gasteiger charge is -2.40. The fourth-order valence-corrected chi connectivity index (χ4v) is 1.93. The van der Waals surface area contributed by atoms with Gasteiger partial charge in [0.2, 0.25) is 0 Å². The number of anilines is 1. The molecule has 4 nitrogen and oxygen atoms in total.